The summed E-state index contributed by atoms with van der Waals surface area (Å²) in [6.45, 7) is 0. The molecule has 162 valence electrons. The molecule has 0 saturated heterocycles. The van der Waals surface area contributed by atoms with Crippen molar-refractivity contribution in [1.82, 2.24) is 4.57 Å². The van der Waals surface area contributed by atoms with Gasteiger partial charge < -0.3 is 4.57 Å². The Morgan fingerprint density at radius 1 is 0.371 bits per heavy atom. The fourth-order valence-electron chi connectivity index (χ4n) is 6.05. The molecule has 35 heavy (non-hydrogen) atoms. The van der Waals surface area contributed by atoms with Crippen LogP contribution >= 0.6 is 0 Å². The molecule has 1 aromatic heterocycles. The maximum atomic E-state index is 2.43. The van der Waals surface area contributed by atoms with Crippen molar-refractivity contribution in [3.05, 3.63) is 127 Å². The quantitative estimate of drug-likeness (QED) is 0.235. The Morgan fingerprint density at radius 3 is 1.89 bits per heavy atom. The largest absolute Gasteiger partial charge is 0.309 e. The van der Waals surface area contributed by atoms with Crippen LogP contribution in [0.1, 0.15) is 0 Å². The van der Waals surface area contributed by atoms with Gasteiger partial charge in [0, 0.05) is 22.0 Å². The van der Waals surface area contributed by atoms with Gasteiger partial charge in [0.15, 0.2) is 0 Å². The van der Waals surface area contributed by atoms with Crippen molar-refractivity contribution in [2.24, 2.45) is 0 Å². The van der Waals surface area contributed by atoms with Crippen LogP contribution in [0.3, 0.4) is 0 Å². The summed E-state index contributed by atoms with van der Waals surface area (Å²) in [5.41, 5.74) is 6.22. The molecule has 0 radical (unpaired) electrons. The Morgan fingerprint density at radius 2 is 1.03 bits per heavy atom. The van der Waals surface area contributed by atoms with Crippen LogP contribution in [-0.4, -0.2) is 4.57 Å². The van der Waals surface area contributed by atoms with Gasteiger partial charge in [0.2, 0.25) is 0 Å². The van der Waals surface area contributed by atoms with Crippen molar-refractivity contribution in [2.45, 2.75) is 0 Å². The predicted molar refractivity (Wildman–Crippen MR) is 150 cm³/mol. The van der Waals surface area contributed by atoms with Gasteiger partial charge in [-0.15, -0.1) is 0 Å². The molecule has 7 aromatic carbocycles. The van der Waals surface area contributed by atoms with Crippen LogP contribution in [0.5, 0.6) is 0 Å². The van der Waals surface area contributed by atoms with Crippen LogP contribution in [0.2, 0.25) is 0 Å². The number of hydrogen-bond acceptors (Lipinski definition) is 0. The fourth-order valence-corrected chi connectivity index (χ4v) is 6.05. The monoisotopic (exact) mass is 443 g/mol. The molecule has 1 heterocycles. The van der Waals surface area contributed by atoms with E-state index >= 15 is 0 Å². The first-order valence-corrected chi connectivity index (χ1v) is 12.1. The first-order valence-electron chi connectivity index (χ1n) is 12.1. The molecule has 0 N–H and O–H groups in total. The Hall–Kier alpha value is -4.62. The molecule has 0 unspecified atom stereocenters. The van der Waals surface area contributed by atoms with Crippen molar-refractivity contribution >= 4 is 54.1 Å². The number of fused-ring (bicyclic) bond motifs is 3. The highest BCUT2D eigenvalue weighted by molar-refractivity contribution is 6.26. The summed E-state index contributed by atoms with van der Waals surface area (Å²) in [7, 11) is 0. The van der Waals surface area contributed by atoms with Crippen LogP contribution in [0, 0.1) is 0 Å². The van der Waals surface area contributed by atoms with Gasteiger partial charge in [0.05, 0.1) is 11.0 Å². The maximum absolute atomic E-state index is 2.43. The highest BCUT2D eigenvalue weighted by Gasteiger charge is 2.18. The highest BCUT2D eigenvalue weighted by atomic mass is 15.0. The second kappa shape index (κ2) is 6.94. The molecule has 0 aliphatic carbocycles. The molecule has 1 nitrogen and oxygen atoms in total. The average Bonchev–Trinajstić information content (AvgIpc) is 3.27. The molecule has 0 spiro atoms. The van der Waals surface area contributed by atoms with E-state index < -0.39 is 0 Å². The minimum atomic E-state index is 1.18. The second-order valence-corrected chi connectivity index (χ2v) is 9.36. The summed E-state index contributed by atoms with van der Waals surface area (Å²) in [4.78, 5) is 0. The van der Waals surface area contributed by atoms with Gasteiger partial charge in [-0.25, -0.2) is 0 Å². The lowest BCUT2D eigenvalue weighted by Crippen LogP contribution is -1.95. The minimum absolute atomic E-state index is 1.18. The van der Waals surface area contributed by atoms with Crippen molar-refractivity contribution in [3.63, 3.8) is 0 Å². The molecule has 0 aliphatic rings. The number of aromatic nitrogens is 1. The summed E-state index contributed by atoms with van der Waals surface area (Å²) in [5.74, 6) is 0. The molecule has 1 heteroatoms. The van der Waals surface area contributed by atoms with Gasteiger partial charge in [0.25, 0.3) is 0 Å². The zero-order valence-corrected chi connectivity index (χ0v) is 19.1. The van der Waals surface area contributed by atoms with Gasteiger partial charge >= 0.3 is 0 Å². The smallest absolute Gasteiger partial charge is 0.0619 e. The molecule has 0 atom stereocenters. The molecule has 0 saturated carbocycles. The van der Waals surface area contributed by atoms with Gasteiger partial charge in [-0.2, -0.15) is 0 Å². The van der Waals surface area contributed by atoms with Crippen LogP contribution < -0.4 is 0 Å². The highest BCUT2D eigenvalue weighted by Crippen LogP contribution is 2.43. The minimum Gasteiger partial charge on any atom is -0.309 e. The number of hydrogen-bond donors (Lipinski definition) is 0. The van der Waals surface area contributed by atoms with E-state index in [9.17, 15) is 0 Å². The van der Waals surface area contributed by atoms with Gasteiger partial charge in [-0.05, 0) is 56.1 Å². The lowest BCUT2D eigenvalue weighted by atomic mass is 9.89. The summed E-state index contributed by atoms with van der Waals surface area (Å²) in [6, 6.07) is 46.5. The van der Waals surface area contributed by atoms with E-state index in [0.29, 0.717) is 0 Å². The van der Waals surface area contributed by atoms with Crippen LogP contribution in [0.25, 0.3) is 70.9 Å². The van der Waals surface area contributed by atoms with Crippen molar-refractivity contribution in [3.8, 4) is 16.8 Å². The Bertz CT molecular complexity index is 2030. The Labute approximate surface area is 202 Å². The van der Waals surface area contributed by atoms with E-state index in [1.54, 1.807) is 0 Å². The topological polar surface area (TPSA) is 4.93 Å². The zero-order chi connectivity index (χ0) is 22.9. The van der Waals surface area contributed by atoms with Crippen molar-refractivity contribution < 1.29 is 0 Å². The standard InChI is InChI=1S/C34H21N/c1-2-10-25(11-3-1)35-31-15-5-4-12-27(31)30-14-7-13-29(34(30)35)26-20-18-24-17-16-22-8-6-9-23-19-21-28(26)33(24)32(22)23/h1-21H. The Balaban J connectivity index is 1.57. The third-order valence-electron chi connectivity index (χ3n) is 7.53. The van der Waals surface area contributed by atoms with Crippen LogP contribution in [0.15, 0.2) is 127 Å². The molecule has 0 amide bonds. The third-order valence-corrected chi connectivity index (χ3v) is 7.53. The van der Waals surface area contributed by atoms with E-state index in [2.05, 4.69) is 132 Å². The van der Waals surface area contributed by atoms with E-state index in [0.717, 1.165) is 0 Å². The maximum Gasteiger partial charge on any atom is 0.0619 e. The number of para-hydroxylation sites is 3. The summed E-state index contributed by atoms with van der Waals surface area (Å²) in [6.07, 6.45) is 0. The van der Waals surface area contributed by atoms with Gasteiger partial charge in [-0.3, -0.25) is 0 Å². The average molecular weight is 444 g/mol. The number of nitrogens with zero attached hydrogens (tertiary/aromatic N) is 1. The van der Waals surface area contributed by atoms with Gasteiger partial charge in [-0.1, -0.05) is 109 Å². The van der Waals surface area contributed by atoms with Crippen LogP contribution in [0.4, 0.5) is 0 Å². The molecule has 0 bridgehead atoms. The fraction of sp³-hybridized carbons (Fsp3) is 0. The normalized spacial score (nSPS) is 12.0. The van der Waals surface area contributed by atoms with E-state index in [-0.39, 0.29) is 0 Å². The lowest BCUT2D eigenvalue weighted by Gasteiger charge is -2.16. The van der Waals surface area contributed by atoms with Crippen LogP contribution in [-0.2, 0) is 0 Å². The summed E-state index contributed by atoms with van der Waals surface area (Å²) >= 11 is 0. The van der Waals surface area contributed by atoms with Crippen molar-refractivity contribution in [2.75, 3.05) is 0 Å². The van der Waals surface area contributed by atoms with E-state index in [4.69, 9.17) is 0 Å². The van der Waals surface area contributed by atoms with Gasteiger partial charge in [0.1, 0.15) is 0 Å². The molecule has 8 rings (SSSR count). The third kappa shape index (κ3) is 2.53. The Kier molecular flexibility index (Phi) is 3.72. The molecule has 8 aromatic rings. The first kappa shape index (κ1) is 18.8. The summed E-state index contributed by atoms with van der Waals surface area (Å²) < 4.78 is 2.43. The first-order chi connectivity index (χ1) is 17.4. The van der Waals surface area contributed by atoms with E-state index in [1.165, 1.54) is 70.9 Å². The SMILES string of the molecule is c1ccc(-n2c3ccccc3c3cccc(-c4ccc5ccc6cccc7ccc4c5c67)c32)cc1. The summed E-state index contributed by atoms with van der Waals surface area (Å²) in [5, 5.41) is 10.5. The zero-order valence-electron chi connectivity index (χ0n) is 19.1. The predicted octanol–water partition coefficient (Wildman–Crippen LogP) is 9.35. The number of benzene rings is 7. The molecule has 0 fully saturated rings. The second-order valence-electron chi connectivity index (χ2n) is 9.36. The van der Waals surface area contributed by atoms with Crippen molar-refractivity contribution in [1.29, 1.82) is 0 Å². The molecular weight excluding hydrogens is 422 g/mol. The molecule has 0 aliphatic heterocycles. The lowest BCUT2D eigenvalue weighted by molar-refractivity contribution is 1.18. The van der Waals surface area contributed by atoms with E-state index in [1.807, 2.05) is 0 Å². The number of rotatable bonds is 2. The molecular formula is C34H21N.